The number of aromatic nitrogens is 1. The zero-order valence-electron chi connectivity index (χ0n) is 10.6. The van der Waals surface area contributed by atoms with E-state index in [9.17, 15) is 4.79 Å². The average molecular weight is 270 g/mol. The van der Waals surface area contributed by atoms with Gasteiger partial charge in [-0.1, -0.05) is 35.6 Å². The van der Waals surface area contributed by atoms with E-state index in [1.165, 1.54) is 11.1 Å². The van der Waals surface area contributed by atoms with E-state index >= 15 is 0 Å². The van der Waals surface area contributed by atoms with Crippen LogP contribution in [0, 0.1) is 0 Å². The number of rotatable bonds is 1. The van der Waals surface area contributed by atoms with Gasteiger partial charge in [0.2, 0.25) is 0 Å². The summed E-state index contributed by atoms with van der Waals surface area (Å²) in [5, 5.41) is 1.01. The van der Waals surface area contributed by atoms with Crippen molar-refractivity contribution in [2.75, 3.05) is 4.90 Å². The van der Waals surface area contributed by atoms with Crippen molar-refractivity contribution in [3.8, 4) is 0 Å². The fourth-order valence-electron chi connectivity index (χ4n) is 2.86. The molecule has 0 spiro atoms. The molecule has 1 aliphatic carbocycles. The van der Waals surface area contributed by atoms with Crippen LogP contribution in [-0.2, 0) is 19.5 Å². The van der Waals surface area contributed by atoms with Gasteiger partial charge in [-0.15, -0.1) is 0 Å². The zero-order chi connectivity index (χ0) is 12.8. The lowest BCUT2D eigenvalue weighted by Gasteiger charge is -2.12. The lowest BCUT2D eigenvalue weighted by Crippen LogP contribution is -2.14. The number of hydrogen-bond acceptors (Lipinski definition) is 4. The van der Waals surface area contributed by atoms with Gasteiger partial charge in [-0.3, -0.25) is 4.79 Å². The number of carbonyl (C=O) groups is 1. The first-order valence-corrected chi connectivity index (χ1v) is 7.47. The summed E-state index contributed by atoms with van der Waals surface area (Å²) in [5.41, 5.74) is 3.77. The molecule has 1 aliphatic heterocycles. The summed E-state index contributed by atoms with van der Waals surface area (Å²) in [7, 11) is 0. The molecule has 2 aliphatic rings. The second kappa shape index (κ2) is 4.17. The van der Waals surface area contributed by atoms with Gasteiger partial charge in [-0.25, -0.2) is 4.98 Å². The van der Waals surface area contributed by atoms with E-state index in [1.54, 1.807) is 11.3 Å². The first-order chi connectivity index (χ1) is 9.31. The summed E-state index contributed by atoms with van der Waals surface area (Å²) in [6.07, 6.45) is 2.60. The molecule has 0 radical (unpaired) electrons. The van der Waals surface area contributed by atoms with E-state index in [-0.39, 0.29) is 5.78 Å². The second-order valence-electron chi connectivity index (χ2n) is 5.17. The molecule has 1 aromatic heterocycles. The Labute approximate surface area is 115 Å². The molecule has 0 N–H and O–H groups in total. The summed E-state index contributed by atoms with van der Waals surface area (Å²) < 4.78 is 0. The van der Waals surface area contributed by atoms with Gasteiger partial charge in [0.05, 0.1) is 10.6 Å². The normalized spacial score (nSPS) is 17.5. The van der Waals surface area contributed by atoms with Crippen molar-refractivity contribution in [3.05, 3.63) is 46.0 Å². The molecule has 4 rings (SSSR count). The topological polar surface area (TPSA) is 33.2 Å². The van der Waals surface area contributed by atoms with Gasteiger partial charge in [0.1, 0.15) is 0 Å². The molecule has 0 atom stereocenters. The Morgan fingerprint density at radius 1 is 1.11 bits per heavy atom. The molecule has 19 heavy (non-hydrogen) atoms. The van der Waals surface area contributed by atoms with Crippen LogP contribution in [-0.4, -0.2) is 10.8 Å². The molecule has 0 saturated heterocycles. The van der Waals surface area contributed by atoms with Crippen molar-refractivity contribution in [2.45, 2.75) is 32.4 Å². The van der Waals surface area contributed by atoms with Crippen LogP contribution in [0.25, 0.3) is 0 Å². The molecule has 96 valence electrons. The van der Waals surface area contributed by atoms with Crippen molar-refractivity contribution < 1.29 is 4.79 Å². The van der Waals surface area contributed by atoms with Crippen LogP contribution in [0.5, 0.6) is 0 Å². The lowest BCUT2D eigenvalue weighted by atomic mass is 10.0. The maximum Gasteiger partial charge on any atom is 0.186 e. The van der Waals surface area contributed by atoms with Gasteiger partial charge in [-0.2, -0.15) is 0 Å². The number of benzene rings is 1. The molecule has 0 fully saturated rings. The van der Waals surface area contributed by atoms with E-state index in [1.807, 2.05) is 0 Å². The minimum atomic E-state index is 0.279. The zero-order valence-corrected chi connectivity index (χ0v) is 11.4. The lowest BCUT2D eigenvalue weighted by molar-refractivity contribution is 0.0976. The standard InChI is InChI=1S/C15H14N2OS/c18-13-7-3-6-12-14(13)19-15(16-12)17-8-10-4-1-2-5-11(10)9-17/h1-2,4-5H,3,6-9H2. The molecule has 3 nitrogen and oxygen atoms in total. The van der Waals surface area contributed by atoms with E-state index < -0.39 is 0 Å². The van der Waals surface area contributed by atoms with Crippen LogP contribution in [0.3, 0.4) is 0 Å². The largest absolute Gasteiger partial charge is 0.339 e. The molecule has 2 aromatic rings. The minimum Gasteiger partial charge on any atom is -0.339 e. The number of Topliss-reactive ketones (excluding diaryl/α,β-unsaturated/α-hetero) is 1. The van der Waals surface area contributed by atoms with Crippen LogP contribution in [0.1, 0.15) is 39.3 Å². The summed E-state index contributed by atoms with van der Waals surface area (Å²) in [6.45, 7) is 1.83. The highest BCUT2D eigenvalue weighted by atomic mass is 32.1. The van der Waals surface area contributed by atoms with Gasteiger partial charge >= 0.3 is 0 Å². The number of aryl methyl sites for hydroxylation is 1. The van der Waals surface area contributed by atoms with Gasteiger partial charge in [-0.05, 0) is 24.0 Å². The van der Waals surface area contributed by atoms with Crippen LogP contribution in [0.4, 0.5) is 5.13 Å². The number of carbonyl (C=O) groups excluding carboxylic acids is 1. The van der Waals surface area contributed by atoms with Gasteiger partial charge < -0.3 is 4.90 Å². The van der Waals surface area contributed by atoms with Crippen molar-refractivity contribution >= 4 is 22.3 Å². The highest BCUT2D eigenvalue weighted by Gasteiger charge is 2.26. The van der Waals surface area contributed by atoms with Crippen LogP contribution >= 0.6 is 11.3 Å². The quantitative estimate of drug-likeness (QED) is 0.798. The molecule has 0 unspecified atom stereocenters. The minimum absolute atomic E-state index is 0.279. The number of thiazole rings is 1. The highest BCUT2D eigenvalue weighted by molar-refractivity contribution is 7.17. The molecular formula is C15H14N2OS. The molecule has 0 saturated carbocycles. The Kier molecular flexibility index (Phi) is 2.45. The Morgan fingerprint density at radius 3 is 2.53 bits per heavy atom. The number of nitrogens with zero attached hydrogens (tertiary/aromatic N) is 2. The monoisotopic (exact) mass is 270 g/mol. The second-order valence-corrected chi connectivity index (χ2v) is 6.15. The first-order valence-electron chi connectivity index (χ1n) is 6.66. The van der Waals surface area contributed by atoms with Crippen molar-refractivity contribution in [1.82, 2.24) is 4.98 Å². The SMILES string of the molecule is O=C1CCCc2nc(N3Cc4ccccc4C3)sc21. The van der Waals surface area contributed by atoms with Gasteiger partial charge in [0.25, 0.3) is 0 Å². The maximum absolute atomic E-state index is 11.9. The first kappa shape index (κ1) is 11.2. The molecule has 0 amide bonds. The van der Waals surface area contributed by atoms with Gasteiger partial charge in [0, 0.05) is 19.5 Å². The summed E-state index contributed by atoms with van der Waals surface area (Å²) >= 11 is 1.58. The smallest absolute Gasteiger partial charge is 0.186 e. The van der Waals surface area contributed by atoms with Gasteiger partial charge in [0.15, 0.2) is 10.9 Å². The maximum atomic E-state index is 11.9. The molecule has 4 heteroatoms. The van der Waals surface area contributed by atoms with Crippen molar-refractivity contribution in [2.24, 2.45) is 0 Å². The molecule has 1 aromatic carbocycles. The predicted octanol–water partition coefficient (Wildman–Crippen LogP) is 3.18. The number of fused-ring (bicyclic) bond motifs is 2. The number of ketones is 1. The third kappa shape index (κ3) is 1.78. The Hall–Kier alpha value is -1.68. The van der Waals surface area contributed by atoms with Crippen LogP contribution in [0.2, 0.25) is 0 Å². The van der Waals surface area contributed by atoms with Crippen molar-refractivity contribution in [1.29, 1.82) is 0 Å². The number of anilines is 1. The van der Waals surface area contributed by atoms with E-state index in [4.69, 9.17) is 0 Å². The fourth-order valence-corrected chi connectivity index (χ4v) is 3.94. The average Bonchev–Trinajstić information content (AvgIpc) is 3.02. The Balaban J connectivity index is 1.67. The van der Waals surface area contributed by atoms with E-state index in [0.717, 1.165) is 41.6 Å². The van der Waals surface area contributed by atoms with Crippen LogP contribution in [0.15, 0.2) is 24.3 Å². The number of hydrogen-bond donors (Lipinski definition) is 0. The molecule has 2 heterocycles. The van der Waals surface area contributed by atoms with Crippen LogP contribution < -0.4 is 4.90 Å². The summed E-state index contributed by atoms with van der Waals surface area (Å²) in [6, 6.07) is 8.51. The predicted molar refractivity (Wildman–Crippen MR) is 75.7 cm³/mol. The highest BCUT2D eigenvalue weighted by Crippen LogP contribution is 2.35. The molecular weight excluding hydrogens is 256 g/mol. The summed E-state index contributed by atoms with van der Waals surface area (Å²) in [5.74, 6) is 0.279. The van der Waals surface area contributed by atoms with Crippen molar-refractivity contribution in [3.63, 3.8) is 0 Å². The Morgan fingerprint density at radius 2 is 1.84 bits per heavy atom. The molecule has 0 bridgehead atoms. The van der Waals surface area contributed by atoms with E-state index in [0.29, 0.717) is 6.42 Å². The summed E-state index contributed by atoms with van der Waals surface area (Å²) in [4.78, 5) is 19.8. The Bertz CT molecular complexity index is 637. The van der Waals surface area contributed by atoms with E-state index in [2.05, 4.69) is 34.1 Å². The third-order valence-corrected chi connectivity index (χ3v) is 5.07. The fraction of sp³-hybridized carbons (Fsp3) is 0.333. The third-order valence-electron chi connectivity index (χ3n) is 3.87.